The van der Waals surface area contributed by atoms with E-state index in [1.807, 2.05) is 12.1 Å². The van der Waals surface area contributed by atoms with Gasteiger partial charge in [0.25, 0.3) is 0 Å². The van der Waals surface area contributed by atoms with E-state index in [0.29, 0.717) is 5.92 Å². The SMILES string of the molecule is CC(C)c1c[c]c[c]c1. The van der Waals surface area contributed by atoms with Crippen LogP contribution in [0.2, 0.25) is 0 Å². The maximum absolute atomic E-state index is 2.99. The van der Waals surface area contributed by atoms with Crippen LogP contribution in [0, 0.1) is 12.1 Å². The van der Waals surface area contributed by atoms with Crippen LogP contribution in [0.4, 0.5) is 0 Å². The van der Waals surface area contributed by atoms with Crippen LogP contribution < -0.4 is 0 Å². The maximum Gasteiger partial charge on any atom is -0.0175 e. The number of hydrogen-bond acceptors (Lipinski definition) is 0. The Balaban J connectivity index is 2.85. The van der Waals surface area contributed by atoms with Crippen molar-refractivity contribution in [1.82, 2.24) is 0 Å². The molecule has 0 bridgehead atoms. The molecule has 1 aromatic rings. The second-order valence-corrected chi connectivity index (χ2v) is 2.42. The summed E-state index contributed by atoms with van der Waals surface area (Å²) in [5.74, 6) is 0.596. The molecular formula is C9H10. The third kappa shape index (κ3) is 1.56. The predicted octanol–water partition coefficient (Wildman–Crippen LogP) is 2.41. The van der Waals surface area contributed by atoms with Gasteiger partial charge in [0.15, 0.2) is 0 Å². The van der Waals surface area contributed by atoms with Crippen molar-refractivity contribution in [1.29, 1.82) is 0 Å². The van der Waals surface area contributed by atoms with Crippen LogP contribution in [-0.2, 0) is 0 Å². The fourth-order valence-electron chi connectivity index (χ4n) is 0.699. The fraction of sp³-hybridized carbons (Fsp3) is 0.333. The van der Waals surface area contributed by atoms with E-state index >= 15 is 0 Å². The van der Waals surface area contributed by atoms with Crippen molar-refractivity contribution >= 4 is 0 Å². The first-order valence-corrected chi connectivity index (χ1v) is 3.18. The normalized spacial score (nSPS) is 10.1. The lowest BCUT2D eigenvalue weighted by molar-refractivity contribution is 0.866. The molecule has 0 fully saturated rings. The Morgan fingerprint density at radius 3 is 2.11 bits per heavy atom. The van der Waals surface area contributed by atoms with E-state index in [4.69, 9.17) is 0 Å². The molecule has 1 rings (SSSR count). The molecule has 0 aliphatic rings. The van der Waals surface area contributed by atoms with Crippen molar-refractivity contribution in [2.45, 2.75) is 19.8 Å². The van der Waals surface area contributed by atoms with Gasteiger partial charge in [0.1, 0.15) is 0 Å². The Morgan fingerprint density at radius 2 is 1.78 bits per heavy atom. The molecule has 0 N–H and O–H groups in total. The molecule has 9 heavy (non-hydrogen) atoms. The van der Waals surface area contributed by atoms with Crippen molar-refractivity contribution in [3.05, 3.63) is 35.9 Å². The van der Waals surface area contributed by atoms with Gasteiger partial charge in [-0.25, -0.2) is 0 Å². The van der Waals surface area contributed by atoms with Crippen LogP contribution in [0.3, 0.4) is 0 Å². The topological polar surface area (TPSA) is 0 Å². The summed E-state index contributed by atoms with van der Waals surface area (Å²) in [5.41, 5.74) is 1.30. The highest BCUT2D eigenvalue weighted by atomic mass is 14.0. The lowest BCUT2D eigenvalue weighted by Crippen LogP contribution is -1.83. The molecule has 0 nitrogen and oxygen atoms in total. The Bertz CT molecular complexity index is 163. The number of hydrogen-bond donors (Lipinski definition) is 0. The van der Waals surface area contributed by atoms with Gasteiger partial charge in [0, 0.05) is 0 Å². The van der Waals surface area contributed by atoms with Crippen LogP contribution in [0.25, 0.3) is 0 Å². The highest BCUT2D eigenvalue weighted by molar-refractivity contribution is 5.15. The lowest BCUT2D eigenvalue weighted by Gasteiger charge is -2.01. The molecule has 0 aliphatic carbocycles. The van der Waals surface area contributed by atoms with Crippen molar-refractivity contribution in [3.8, 4) is 0 Å². The first-order chi connectivity index (χ1) is 4.30. The van der Waals surface area contributed by atoms with Crippen LogP contribution in [0.1, 0.15) is 25.3 Å². The minimum atomic E-state index is 0.596. The largest absolute Gasteiger partial charge is 0.0587 e. The second kappa shape index (κ2) is 2.67. The zero-order valence-corrected chi connectivity index (χ0v) is 5.81. The monoisotopic (exact) mass is 118 g/mol. The van der Waals surface area contributed by atoms with E-state index in [1.165, 1.54) is 5.56 Å². The van der Waals surface area contributed by atoms with Gasteiger partial charge in [-0.3, -0.25) is 0 Å². The van der Waals surface area contributed by atoms with Crippen molar-refractivity contribution in [3.63, 3.8) is 0 Å². The van der Waals surface area contributed by atoms with E-state index in [-0.39, 0.29) is 0 Å². The van der Waals surface area contributed by atoms with Crippen molar-refractivity contribution < 1.29 is 0 Å². The van der Waals surface area contributed by atoms with Crippen LogP contribution >= 0.6 is 0 Å². The molecular weight excluding hydrogens is 108 g/mol. The molecule has 46 valence electrons. The highest BCUT2D eigenvalue weighted by Gasteiger charge is 1.93. The molecule has 0 heterocycles. The molecule has 0 atom stereocenters. The molecule has 2 radical (unpaired) electrons. The molecule has 1 aromatic carbocycles. The Kier molecular flexibility index (Phi) is 1.88. The average Bonchev–Trinajstić information content (AvgIpc) is 1.90. The van der Waals surface area contributed by atoms with Gasteiger partial charge in [0.05, 0.1) is 0 Å². The summed E-state index contributed by atoms with van der Waals surface area (Å²) in [6.07, 6.45) is 0. The zero-order chi connectivity index (χ0) is 6.69. The summed E-state index contributed by atoms with van der Waals surface area (Å²) in [4.78, 5) is 0. The first kappa shape index (κ1) is 6.34. The Morgan fingerprint density at radius 1 is 1.22 bits per heavy atom. The lowest BCUT2D eigenvalue weighted by atomic mass is 10.0. The second-order valence-electron chi connectivity index (χ2n) is 2.42. The van der Waals surface area contributed by atoms with Gasteiger partial charge in [-0.15, -0.1) is 0 Å². The summed E-state index contributed by atoms with van der Waals surface area (Å²) in [6, 6.07) is 11.8. The van der Waals surface area contributed by atoms with E-state index in [1.54, 1.807) is 6.07 Å². The van der Waals surface area contributed by atoms with Gasteiger partial charge in [-0.05, 0) is 29.7 Å². The molecule has 0 saturated carbocycles. The molecule has 0 saturated heterocycles. The van der Waals surface area contributed by atoms with E-state index < -0.39 is 0 Å². The summed E-state index contributed by atoms with van der Waals surface area (Å²) in [5, 5.41) is 0. The molecule has 0 aromatic heterocycles. The van der Waals surface area contributed by atoms with Crippen molar-refractivity contribution in [2.24, 2.45) is 0 Å². The fourth-order valence-corrected chi connectivity index (χ4v) is 0.699. The molecule has 0 heteroatoms. The predicted molar refractivity (Wildman–Crippen MR) is 38.2 cm³/mol. The van der Waals surface area contributed by atoms with Crippen LogP contribution in [0.15, 0.2) is 18.2 Å². The first-order valence-electron chi connectivity index (χ1n) is 3.18. The van der Waals surface area contributed by atoms with Crippen LogP contribution in [-0.4, -0.2) is 0 Å². The molecule has 0 aliphatic heterocycles. The number of benzene rings is 1. The average molecular weight is 118 g/mol. The minimum absolute atomic E-state index is 0.596. The van der Waals surface area contributed by atoms with Gasteiger partial charge in [-0.1, -0.05) is 26.0 Å². The Hall–Kier alpha value is -0.780. The standard InChI is InChI=1S/C9H10/c1-8(2)9-6-4-3-5-7-9/h3,6-8H,1-2H3. The zero-order valence-electron chi connectivity index (χ0n) is 5.81. The Labute approximate surface area is 56.5 Å². The summed E-state index contributed by atoms with van der Waals surface area (Å²) < 4.78 is 0. The van der Waals surface area contributed by atoms with Crippen LogP contribution in [0.5, 0.6) is 0 Å². The molecule has 0 amide bonds. The molecule has 0 unspecified atom stereocenters. The smallest absolute Gasteiger partial charge is 0.0175 e. The van der Waals surface area contributed by atoms with Crippen molar-refractivity contribution in [2.75, 3.05) is 0 Å². The van der Waals surface area contributed by atoms with E-state index in [2.05, 4.69) is 26.0 Å². The van der Waals surface area contributed by atoms with Gasteiger partial charge < -0.3 is 0 Å². The van der Waals surface area contributed by atoms with E-state index in [0.717, 1.165) is 0 Å². The third-order valence-electron chi connectivity index (χ3n) is 1.33. The summed E-state index contributed by atoms with van der Waals surface area (Å²) >= 11 is 0. The van der Waals surface area contributed by atoms with Gasteiger partial charge in [0.2, 0.25) is 0 Å². The van der Waals surface area contributed by atoms with Gasteiger partial charge in [-0.2, -0.15) is 0 Å². The van der Waals surface area contributed by atoms with Gasteiger partial charge >= 0.3 is 0 Å². The summed E-state index contributed by atoms with van der Waals surface area (Å²) in [7, 11) is 0. The maximum atomic E-state index is 2.99. The highest BCUT2D eigenvalue weighted by Crippen LogP contribution is 2.11. The quantitative estimate of drug-likeness (QED) is 0.531. The third-order valence-corrected chi connectivity index (χ3v) is 1.33. The number of rotatable bonds is 1. The van der Waals surface area contributed by atoms with E-state index in [9.17, 15) is 0 Å². The summed E-state index contributed by atoms with van der Waals surface area (Å²) in [6.45, 7) is 4.33. The minimum Gasteiger partial charge on any atom is -0.0587 e. The molecule has 0 spiro atoms.